The van der Waals surface area contributed by atoms with Crippen LogP contribution in [0.3, 0.4) is 0 Å². The summed E-state index contributed by atoms with van der Waals surface area (Å²) in [5.74, 6) is 0.856. The third kappa shape index (κ3) is 3.76. The summed E-state index contributed by atoms with van der Waals surface area (Å²) in [6.45, 7) is 10.4. The first-order valence-corrected chi connectivity index (χ1v) is 7.13. The second-order valence-electron chi connectivity index (χ2n) is 6.97. The normalized spacial score (nSPS) is 25.3. The monoisotopic (exact) mass is 225 g/mol. The molecule has 0 aromatic heterocycles. The topological polar surface area (TPSA) is 26.0 Å². The minimum Gasteiger partial charge on any atom is -0.330 e. The summed E-state index contributed by atoms with van der Waals surface area (Å²) >= 11 is 0. The Hall–Kier alpha value is -0.0400. The predicted octanol–water partition coefficient (Wildman–Crippen LogP) is 4.36. The Balaban J connectivity index is 2.52. The molecule has 0 saturated heterocycles. The van der Waals surface area contributed by atoms with Crippen molar-refractivity contribution < 1.29 is 0 Å². The van der Waals surface area contributed by atoms with Gasteiger partial charge in [0, 0.05) is 0 Å². The first-order chi connectivity index (χ1) is 7.43. The molecule has 0 radical (unpaired) electrons. The molecule has 0 bridgehead atoms. The van der Waals surface area contributed by atoms with Crippen molar-refractivity contribution in [2.45, 2.75) is 72.6 Å². The first-order valence-electron chi connectivity index (χ1n) is 7.13. The van der Waals surface area contributed by atoms with Gasteiger partial charge in [0.1, 0.15) is 0 Å². The maximum Gasteiger partial charge on any atom is -0.00204 e. The smallest absolute Gasteiger partial charge is 0.00204 e. The van der Waals surface area contributed by atoms with Gasteiger partial charge in [-0.1, -0.05) is 40.5 Å². The molecule has 1 atom stereocenters. The molecule has 0 amide bonds. The molecule has 1 unspecified atom stereocenters. The molecule has 2 N–H and O–H groups in total. The van der Waals surface area contributed by atoms with Crippen LogP contribution >= 0.6 is 0 Å². The molecule has 1 fully saturated rings. The van der Waals surface area contributed by atoms with Crippen LogP contribution in [0.25, 0.3) is 0 Å². The average molecular weight is 225 g/mol. The zero-order valence-electron chi connectivity index (χ0n) is 11.8. The van der Waals surface area contributed by atoms with Crippen LogP contribution in [0.2, 0.25) is 0 Å². The Labute approximate surface area is 102 Å². The molecule has 0 aromatic carbocycles. The van der Waals surface area contributed by atoms with E-state index < -0.39 is 0 Å². The molecule has 96 valence electrons. The standard InChI is InChI=1S/C15H31N/c1-5-6-13(2)11-15(12-16)9-7-14(3,4)8-10-15/h13H,5-12,16H2,1-4H3. The second kappa shape index (κ2) is 5.53. The molecule has 1 aliphatic rings. The van der Waals surface area contributed by atoms with Gasteiger partial charge in [0.15, 0.2) is 0 Å². The Kier molecular flexibility index (Phi) is 4.85. The van der Waals surface area contributed by atoms with E-state index in [4.69, 9.17) is 5.73 Å². The SMILES string of the molecule is CCCC(C)CC1(CN)CCC(C)(C)CC1. The van der Waals surface area contributed by atoms with Gasteiger partial charge >= 0.3 is 0 Å². The molecular weight excluding hydrogens is 194 g/mol. The van der Waals surface area contributed by atoms with Gasteiger partial charge in [0.2, 0.25) is 0 Å². The predicted molar refractivity (Wildman–Crippen MR) is 72.4 cm³/mol. The van der Waals surface area contributed by atoms with Crippen molar-refractivity contribution in [2.24, 2.45) is 22.5 Å². The van der Waals surface area contributed by atoms with E-state index in [0.29, 0.717) is 10.8 Å². The summed E-state index contributed by atoms with van der Waals surface area (Å²) in [5.41, 5.74) is 7.11. The highest BCUT2D eigenvalue weighted by Gasteiger charge is 2.37. The molecule has 16 heavy (non-hydrogen) atoms. The van der Waals surface area contributed by atoms with Gasteiger partial charge < -0.3 is 5.73 Å². The van der Waals surface area contributed by atoms with Crippen LogP contribution in [-0.4, -0.2) is 6.54 Å². The van der Waals surface area contributed by atoms with Gasteiger partial charge in [0.05, 0.1) is 0 Å². The lowest BCUT2D eigenvalue weighted by molar-refractivity contribution is 0.0834. The summed E-state index contributed by atoms with van der Waals surface area (Å²) < 4.78 is 0. The number of hydrogen-bond donors (Lipinski definition) is 1. The molecule has 1 aliphatic carbocycles. The third-order valence-electron chi connectivity index (χ3n) is 4.66. The quantitative estimate of drug-likeness (QED) is 0.739. The molecular formula is C15H31N. The van der Waals surface area contributed by atoms with Crippen LogP contribution in [0.1, 0.15) is 72.6 Å². The Morgan fingerprint density at radius 1 is 1.12 bits per heavy atom. The van der Waals surface area contributed by atoms with Crippen LogP contribution in [0.5, 0.6) is 0 Å². The summed E-state index contributed by atoms with van der Waals surface area (Å²) in [6, 6.07) is 0. The van der Waals surface area contributed by atoms with Gasteiger partial charge in [-0.2, -0.15) is 0 Å². The van der Waals surface area contributed by atoms with E-state index in [2.05, 4.69) is 27.7 Å². The van der Waals surface area contributed by atoms with E-state index in [-0.39, 0.29) is 0 Å². The minimum absolute atomic E-state index is 0.476. The van der Waals surface area contributed by atoms with Crippen LogP contribution in [-0.2, 0) is 0 Å². The summed E-state index contributed by atoms with van der Waals surface area (Å²) in [4.78, 5) is 0. The second-order valence-corrected chi connectivity index (χ2v) is 6.97. The number of hydrogen-bond acceptors (Lipinski definition) is 1. The van der Waals surface area contributed by atoms with Crippen LogP contribution in [0.15, 0.2) is 0 Å². The molecule has 0 heterocycles. The summed E-state index contributed by atoms with van der Waals surface area (Å²) in [6.07, 6.45) is 9.47. The lowest BCUT2D eigenvalue weighted by Crippen LogP contribution is -2.38. The van der Waals surface area contributed by atoms with E-state index in [1.165, 1.54) is 44.9 Å². The highest BCUT2D eigenvalue weighted by molar-refractivity contribution is 4.90. The highest BCUT2D eigenvalue weighted by atomic mass is 14.6. The Morgan fingerprint density at radius 2 is 1.69 bits per heavy atom. The molecule has 1 saturated carbocycles. The average Bonchev–Trinajstić information content (AvgIpc) is 2.22. The Morgan fingerprint density at radius 3 is 2.12 bits per heavy atom. The summed E-state index contributed by atoms with van der Waals surface area (Å²) in [7, 11) is 0. The number of nitrogens with two attached hydrogens (primary N) is 1. The Bertz CT molecular complexity index is 197. The van der Waals surface area contributed by atoms with Crippen LogP contribution in [0, 0.1) is 16.7 Å². The van der Waals surface area contributed by atoms with E-state index in [1.807, 2.05) is 0 Å². The number of rotatable bonds is 5. The first kappa shape index (κ1) is 14.0. The fraction of sp³-hybridized carbons (Fsp3) is 1.00. The highest BCUT2D eigenvalue weighted by Crippen LogP contribution is 2.47. The van der Waals surface area contributed by atoms with Crippen molar-refractivity contribution >= 4 is 0 Å². The zero-order valence-corrected chi connectivity index (χ0v) is 11.8. The van der Waals surface area contributed by atoms with Crippen molar-refractivity contribution in [3.63, 3.8) is 0 Å². The van der Waals surface area contributed by atoms with Crippen molar-refractivity contribution in [1.82, 2.24) is 0 Å². The van der Waals surface area contributed by atoms with Crippen molar-refractivity contribution in [3.8, 4) is 0 Å². The van der Waals surface area contributed by atoms with Crippen LogP contribution < -0.4 is 5.73 Å². The molecule has 1 nitrogen and oxygen atoms in total. The van der Waals surface area contributed by atoms with E-state index in [0.717, 1.165) is 12.5 Å². The van der Waals surface area contributed by atoms with Gasteiger partial charge in [0.25, 0.3) is 0 Å². The van der Waals surface area contributed by atoms with Gasteiger partial charge in [-0.15, -0.1) is 0 Å². The van der Waals surface area contributed by atoms with Crippen LogP contribution in [0.4, 0.5) is 0 Å². The van der Waals surface area contributed by atoms with Gasteiger partial charge in [-0.25, -0.2) is 0 Å². The maximum absolute atomic E-state index is 6.07. The molecule has 0 aliphatic heterocycles. The lowest BCUT2D eigenvalue weighted by atomic mass is 9.62. The summed E-state index contributed by atoms with van der Waals surface area (Å²) in [5, 5.41) is 0. The third-order valence-corrected chi connectivity index (χ3v) is 4.66. The van der Waals surface area contributed by atoms with Crippen molar-refractivity contribution in [1.29, 1.82) is 0 Å². The maximum atomic E-state index is 6.07. The zero-order chi connectivity index (χ0) is 12.2. The van der Waals surface area contributed by atoms with E-state index >= 15 is 0 Å². The van der Waals surface area contributed by atoms with Gasteiger partial charge in [-0.3, -0.25) is 0 Å². The fourth-order valence-electron chi connectivity index (χ4n) is 3.28. The molecule has 0 spiro atoms. The molecule has 1 rings (SSSR count). The van der Waals surface area contributed by atoms with Crippen molar-refractivity contribution in [2.75, 3.05) is 6.54 Å². The molecule has 1 heteroatoms. The fourth-order valence-corrected chi connectivity index (χ4v) is 3.28. The van der Waals surface area contributed by atoms with Gasteiger partial charge in [-0.05, 0) is 55.4 Å². The lowest BCUT2D eigenvalue weighted by Gasteiger charge is -2.44. The molecule has 0 aromatic rings. The van der Waals surface area contributed by atoms with E-state index in [1.54, 1.807) is 0 Å². The minimum atomic E-state index is 0.476. The van der Waals surface area contributed by atoms with Crippen molar-refractivity contribution in [3.05, 3.63) is 0 Å². The van der Waals surface area contributed by atoms with E-state index in [9.17, 15) is 0 Å². The largest absolute Gasteiger partial charge is 0.330 e.